The fourth-order valence-electron chi connectivity index (χ4n) is 5.64. The van der Waals surface area contributed by atoms with E-state index in [-0.39, 0.29) is 10.8 Å². The number of esters is 1. The van der Waals surface area contributed by atoms with Crippen LogP contribution >= 0.6 is 0 Å². The van der Waals surface area contributed by atoms with E-state index in [1.807, 2.05) is 86.6 Å². The summed E-state index contributed by atoms with van der Waals surface area (Å²) in [4.78, 5) is 12.7. The van der Waals surface area contributed by atoms with Gasteiger partial charge in [-0.3, -0.25) is 9.52 Å². The lowest BCUT2D eigenvalue weighted by Gasteiger charge is -2.20. The molecule has 1 unspecified atom stereocenters. The molecule has 0 fully saturated rings. The molecular weight excluding hydrogens is 598 g/mol. The van der Waals surface area contributed by atoms with Crippen LogP contribution in [0.1, 0.15) is 66.3 Å². The first kappa shape index (κ1) is 30.9. The van der Waals surface area contributed by atoms with Gasteiger partial charge in [-0.2, -0.15) is 5.10 Å². The molecule has 0 aliphatic carbocycles. The van der Waals surface area contributed by atoms with Crippen molar-refractivity contribution < 1.29 is 22.4 Å². The summed E-state index contributed by atoms with van der Waals surface area (Å²) in [5.74, 6) is -0.358. The number of rotatable bonds is 9. The van der Waals surface area contributed by atoms with E-state index in [2.05, 4.69) is 18.6 Å². The Labute approximate surface area is 268 Å². The van der Waals surface area contributed by atoms with Crippen molar-refractivity contribution in [3.63, 3.8) is 0 Å². The molecule has 0 aliphatic heterocycles. The number of carbonyl (C=O) groups is 1. The zero-order valence-corrected chi connectivity index (χ0v) is 27.1. The summed E-state index contributed by atoms with van der Waals surface area (Å²) in [6, 6.07) is 31.5. The van der Waals surface area contributed by atoms with Crippen molar-refractivity contribution in [3.8, 4) is 11.6 Å². The van der Waals surface area contributed by atoms with Gasteiger partial charge in [0.25, 0.3) is 10.0 Å². The Morgan fingerprint density at radius 2 is 1.48 bits per heavy atom. The second kappa shape index (κ2) is 12.3. The van der Waals surface area contributed by atoms with E-state index in [1.165, 1.54) is 6.92 Å². The maximum Gasteiger partial charge on any atom is 0.309 e. The summed E-state index contributed by atoms with van der Waals surface area (Å²) in [6.07, 6.45) is 0. The van der Waals surface area contributed by atoms with Gasteiger partial charge in [-0.05, 0) is 67.3 Å². The topological polar surface area (TPSA) is 103 Å². The van der Waals surface area contributed by atoms with E-state index in [9.17, 15) is 13.2 Å². The quantitative estimate of drug-likeness (QED) is 0.161. The molecule has 2 heterocycles. The number of anilines is 1. The number of nitrogens with one attached hydrogen (secondary N) is 1. The molecule has 0 bridgehead atoms. The van der Waals surface area contributed by atoms with E-state index in [1.54, 1.807) is 35.0 Å². The Hall–Kier alpha value is -5.15. The molecule has 0 spiro atoms. The van der Waals surface area contributed by atoms with Gasteiger partial charge in [0.15, 0.2) is 0 Å². The minimum atomic E-state index is -4.02. The number of sulfonamides is 1. The van der Waals surface area contributed by atoms with E-state index in [0.29, 0.717) is 45.3 Å². The lowest BCUT2D eigenvalue weighted by Crippen LogP contribution is -2.16. The van der Waals surface area contributed by atoms with Gasteiger partial charge in [-0.25, -0.2) is 13.1 Å². The van der Waals surface area contributed by atoms with Crippen molar-refractivity contribution >= 4 is 32.6 Å². The third-order valence-corrected chi connectivity index (χ3v) is 9.35. The van der Waals surface area contributed by atoms with Crippen LogP contribution in [0.3, 0.4) is 0 Å². The monoisotopic (exact) mass is 633 g/mol. The highest BCUT2D eigenvalue weighted by molar-refractivity contribution is 7.92. The van der Waals surface area contributed by atoms with Crippen molar-refractivity contribution in [3.05, 3.63) is 137 Å². The molecule has 234 valence electrons. The molecule has 1 N–H and O–H groups in total. The second-order valence-corrected chi connectivity index (χ2v) is 13.3. The van der Waals surface area contributed by atoms with Crippen LogP contribution in [0.15, 0.2) is 112 Å². The Morgan fingerprint density at radius 3 is 2.13 bits per heavy atom. The summed E-state index contributed by atoms with van der Waals surface area (Å²) in [5.41, 5.74) is 5.57. The largest absolute Gasteiger partial charge is 0.458 e. The zero-order chi connectivity index (χ0) is 32.6. The number of aryl methyl sites for hydroxylation is 2. The van der Waals surface area contributed by atoms with Gasteiger partial charge in [0, 0.05) is 12.3 Å². The highest BCUT2D eigenvalue weighted by Crippen LogP contribution is 2.47. The van der Waals surface area contributed by atoms with Gasteiger partial charge in [-0.1, -0.05) is 86.1 Å². The highest BCUT2D eigenvalue weighted by atomic mass is 32.2. The predicted molar refractivity (Wildman–Crippen MR) is 179 cm³/mol. The number of fused-ring (bicyclic) bond motifs is 1. The first-order valence-corrected chi connectivity index (χ1v) is 16.6. The van der Waals surface area contributed by atoms with Crippen LogP contribution in [0, 0.1) is 13.8 Å². The van der Waals surface area contributed by atoms with Gasteiger partial charge in [0.1, 0.15) is 11.3 Å². The van der Waals surface area contributed by atoms with Gasteiger partial charge in [0.2, 0.25) is 5.88 Å². The molecule has 9 heteroatoms. The highest BCUT2D eigenvalue weighted by Gasteiger charge is 2.35. The van der Waals surface area contributed by atoms with Crippen LogP contribution in [0.5, 0.6) is 5.88 Å². The van der Waals surface area contributed by atoms with Crippen LogP contribution in [-0.2, 0) is 14.8 Å². The number of para-hydroxylation sites is 2. The van der Waals surface area contributed by atoms with Crippen molar-refractivity contribution in [2.24, 2.45) is 0 Å². The number of furan rings is 1. The van der Waals surface area contributed by atoms with E-state index in [4.69, 9.17) is 14.3 Å². The van der Waals surface area contributed by atoms with Crippen LogP contribution < -0.4 is 9.46 Å². The van der Waals surface area contributed by atoms with Gasteiger partial charge < -0.3 is 9.15 Å². The number of hydrogen-bond acceptors (Lipinski definition) is 6. The summed E-state index contributed by atoms with van der Waals surface area (Å²) < 4.78 is 44.6. The predicted octanol–water partition coefficient (Wildman–Crippen LogP) is 8.27. The number of nitrogens with zero attached hydrogens (tertiary/aromatic N) is 2. The van der Waals surface area contributed by atoms with Gasteiger partial charge in [-0.15, -0.1) is 0 Å². The molecule has 8 nitrogen and oxygen atoms in total. The normalized spacial score (nSPS) is 12.4. The van der Waals surface area contributed by atoms with Crippen molar-refractivity contribution in [1.82, 2.24) is 9.78 Å². The lowest BCUT2D eigenvalue weighted by atomic mass is 9.87. The molecule has 0 radical (unpaired) electrons. The first-order valence-electron chi connectivity index (χ1n) is 15.1. The SMILES string of the molecule is CC(=O)Oc1c(C(c2ccc(C(C)C)cc2)c2oc3ccccc3c2NS(=O)(=O)c2ccc(C)cc2)c(C)nn1-c1ccccc1. The summed E-state index contributed by atoms with van der Waals surface area (Å²) in [5, 5.41) is 5.42. The third kappa shape index (κ3) is 5.93. The first-order chi connectivity index (χ1) is 22.0. The smallest absolute Gasteiger partial charge is 0.309 e. The summed E-state index contributed by atoms with van der Waals surface area (Å²) in [7, 11) is -4.02. The number of ether oxygens (including phenoxy) is 1. The maximum absolute atomic E-state index is 13.9. The Morgan fingerprint density at radius 1 is 0.848 bits per heavy atom. The van der Waals surface area contributed by atoms with Crippen molar-refractivity contribution in [2.75, 3.05) is 4.72 Å². The standard InChI is InChI=1S/C37H35N3O5S/c1-23(2)27-17-19-28(20-18-27)34(33-25(4)38-40(37(33)44-26(5)41)29-11-7-6-8-12-29)36-35(31-13-9-10-14-32(31)45-36)39-46(42,43)30-21-15-24(3)16-22-30/h6-23,34,39H,1-5H3. The molecule has 6 rings (SSSR count). The number of benzene rings is 4. The Kier molecular flexibility index (Phi) is 8.27. The van der Waals surface area contributed by atoms with Crippen LogP contribution in [-0.4, -0.2) is 24.2 Å². The van der Waals surface area contributed by atoms with E-state index < -0.39 is 21.9 Å². The van der Waals surface area contributed by atoms with Crippen LogP contribution in [0.4, 0.5) is 5.69 Å². The van der Waals surface area contributed by atoms with E-state index in [0.717, 1.165) is 16.7 Å². The second-order valence-electron chi connectivity index (χ2n) is 11.7. The molecule has 0 aliphatic rings. The average Bonchev–Trinajstić information content (AvgIpc) is 3.55. The van der Waals surface area contributed by atoms with Crippen LogP contribution in [0.25, 0.3) is 16.7 Å². The summed E-state index contributed by atoms with van der Waals surface area (Å²) >= 11 is 0. The maximum atomic E-state index is 13.9. The van der Waals surface area contributed by atoms with E-state index >= 15 is 0 Å². The average molecular weight is 634 g/mol. The van der Waals surface area contributed by atoms with Crippen LogP contribution in [0.2, 0.25) is 0 Å². The molecule has 0 saturated carbocycles. The zero-order valence-electron chi connectivity index (χ0n) is 26.3. The molecule has 2 aromatic heterocycles. The summed E-state index contributed by atoms with van der Waals surface area (Å²) in [6.45, 7) is 9.33. The fourth-order valence-corrected chi connectivity index (χ4v) is 6.73. The Balaban J connectivity index is 1.64. The molecule has 46 heavy (non-hydrogen) atoms. The molecule has 6 aromatic rings. The minimum absolute atomic E-state index is 0.126. The number of aromatic nitrogens is 2. The fraction of sp³-hybridized carbons (Fsp3) is 0.189. The third-order valence-electron chi connectivity index (χ3n) is 7.98. The molecule has 1 atom stereocenters. The lowest BCUT2D eigenvalue weighted by molar-refractivity contribution is -0.132. The molecule has 0 saturated heterocycles. The van der Waals surface area contributed by atoms with Crippen molar-refractivity contribution in [1.29, 1.82) is 0 Å². The molecular formula is C37H35N3O5S. The minimum Gasteiger partial charge on any atom is -0.458 e. The molecule has 4 aromatic carbocycles. The van der Waals surface area contributed by atoms with Gasteiger partial charge >= 0.3 is 5.97 Å². The van der Waals surface area contributed by atoms with Gasteiger partial charge in [0.05, 0.1) is 33.4 Å². The number of hydrogen-bond donors (Lipinski definition) is 1. The van der Waals surface area contributed by atoms with Crippen molar-refractivity contribution in [2.45, 2.75) is 51.3 Å². The Bertz CT molecular complexity index is 2130. The molecule has 0 amide bonds. The number of carbonyl (C=O) groups excluding carboxylic acids is 1.